The van der Waals surface area contributed by atoms with Gasteiger partial charge in [-0.1, -0.05) is 84.4 Å². The quantitative estimate of drug-likeness (QED) is 0.106. The summed E-state index contributed by atoms with van der Waals surface area (Å²) >= 11 is 7.83. The Hall–Kier alpha value is -5.65. The summed E-state index contributed by atoms with van der Waals surface area (Å²) in [5.41, 5.74) is 9.80. The Kier molecular flexibility index (Phi) is 12.6. The van der Waals surface area contributed by atoms with E-state index in [-0.39, 0.29) is 28.8 Å². The molecule has 0 radical (unpaired) electrons. The number of hydrogen-bond acceptors (Lipinski definition) is 8. The Bertz CT molecular complexity index is 2100. The summed E-state index contributed by atoms with van der Waals surface area (Å²) in [6.45, 7) is 0.991. The van der Waals surface area contributed by atoms with Crippen LogP contribution in [0.1, 0.15) is 44.4 Å². The highest BCUT2D eigenvalue weighted by Gasteiger charge is 2.43. The van der Waals surface area contributed by atoms with Crippen molar-refractivity contribution in [3.05, 3.63) is 148 Å². The van der Waals surface area contributed by atoms with Crippen LogP contribution in [0.5, 0.6) is 23.0 Å². The van der Waals surface area contributed by atoms with E-state index in [1.165, 1.54) is 17.8 Å². The van der Waals surface area contributed by atoms with Gasteiger partial charge in [0.2, 0.25) is 17.7 Å². The van der Waals surface area contributed by atoms with E-state index >= 15 is 0 Å². The van der Waals surface area contributed by atoms with Crippen molar-refractivity contribution in [2.75, 3.05) is 25.7 Å². The molecule has 3 amide bonds. The minimum absolute atomic E-state index is 0.0504. The number of amides is 3. The molecule has 12 heteroatoms. The highest BCUT2D eigenvalue weighted by Crippen LogP contribution is 2.48. The van der Waals surface area contributed by atoms with Gasteiger partial charge in [0.1, 0.15) is 18.6 Å². The number of nitrogens with zero attached hydrogens (tertiary/aromatic N) is 1. The first kappa shape index (κ1) is 38.1. The number of methoxy groups -OCH3 is 2. The van der Waals surface area contributed by atoms with Gasteiger partial charge in [0, 0.05) is 18.7 Å². The lowest BCUT2D eigenvalue weighted by atomic mass is 10.1. The molecular formula is C42H40ClN3O7S. The van der Waals surface area contributed by atoms with Crippen LogP contribution in [0.2, 0.25) is 5.02 Å². The molecule has 3 N–H and O–H groups in total. The summed E-state index contributed by atoms with van der Waals surface area (Å²) in [6, 6.07) is 35.5. The van der Waals surface area contributed by atoms with Crippen molar-refractivity contribution in [1.29, 1.82) is 0 Å². The van der Waals surface area contributed by atoms with E-state index in [9.17, 15) is 14.4 Å². The lowest BCUT2D eigenvalue weighted by molar-refractivity contribution is -0.124. The lowest BCUT2D eigenvalue weighted by Gasteiger charge is -2.25. The van der Waals surface area contributed by atoms with Crippen molar-refractivity contribution >= 4 is 46.8 Å². The Labute approximate surface area is 323 Å². The molecule has 1 heterocycles. The number of thioether (sulfide) groups is 1. The lowest BCUT2D eigenvalue weighted by Crippen LogP contribution is -2.34. The number of benzene rings is 5. The molecule has 278 valence electrons. The second-order valence-electron chi connectivity index (χ2n) is 12.5. The molecule has 0 saturated carbocycles. The molecule has 0 aromatic heterocycles. The molecule has 0 spiro atoms. The van der Waals surface area contributed by atoms with Crippen LogP contribution in [-0.2, 0) is 29.2 Å². The van der Waals surface area contributed by atoms with Gasteiger partial charge < -0.3 is 30.0 Å². The number of primary amides is 1. The molecule has 0 bridgehead atoms. The largest absolute Gasteiger partial charge is 0.493 e. The third-order valence-electron chi connectivity index (χ3n) is 8.82. The second-order valence-corrected chi connectivity index (χ2v) is 14.2. The topological polar surface area (TPSA) is 129 Å². The van der Waals surface area contributed by atoms with Gasteiger partial charge in [-0.2, -0.15) is 0 Å². The zero-order chi connectivity index (χ0) is 38.0. The smallest absolute Gasteiger partial charge is 0.250 e. The van der Waals surface area contributed by atoms with E-state index in [2.05, 4.69) is 5.32 Å². The fourth-order valence-corrected chi connectivity index (χ4v) is 7.74. The average Bonchev–Trinajstić information content (AvgIpc) is 3.51. The van der Waals surface area contributed by atoms with E-state index in [4.69, 9.17) is 36.3 Å². The number of carbonyl (C=O) groups excluding carboxylic acids is 3. The normalized spacial score (nSPS) is 15.1. The highest BCUT2D eigenvalue weighted by molar-refractivity contribution is 8.01. The van der Waals surface area contributed by atoms with Crippen LogP contribution in [0.15, 0.2) is 115 Å². The maximum Gasteiger partial charge on any atom is 0.250 e. The van der Waals surface area contributed by atoms with Crippen LogP contribution >= 0.6 is 23.4 Å². The van der Waals surface area contributed by atoms with E-state index < -0.39 is 16.5 Å². The third-order valence-corrected chi connectivity index (χ3v) is 10.6. The number of nitrogens with two attached hydrogens (primary N) is 1. The number of anilines is 1. The summed E-state index contributed by atoms with van der Waals surface area (Å²) in [5, 5.41) is 1.79. The molecule has 0 aliphatic carbocycles. The number of nitrogens with one attached hydrogen (secondary N) is 1. The van der Waals surface area contributed by atoms with Gasteiger partial charge in [0.25, 0.3) is 0 Å². The maximum atomic E-state index is 14.2. The number of rotatable bonds is 16. The molecule has 2 atom stereocenters. The van der Waals surface area contributed by atoms with Gasteiger partial charge in [-0.3, -0.25) is 19.3 Å². The molecule has 5 aromatic carbocycles. The molecular weight excluding hydrogens is 726 g/mol. The number of hydrogen-bond donors (Lipinski definition) is 2. The first-order valence-corrected chi connectivity index (χ1v) is 18.6. The third kappa shape index (κ3) is 9.28. The fraction of sp³-hybridized carbons (Fsp3) is 0.214. The second kappa shape index (κ2) is 17.9. The summed E-state index contributed by atoms with van der Waals surface area (Å²) in [7, 11) is 3.15. The Morgan fingerprint density at radius 3 is 2.04 bits per heavy atom. The first-order valence-electron chi connectivity index (χ1n) is 17.3. The van der Waals surface area contributed by atoms with Crippen LogP contribution in [0, 0.1) is 0 Å². The summed E-state index contributed by atoms with van der Waals surface area (Å²) < 4.78 is 23.3. The van der Waals surface area contributed by atoms with Gasteiger partial charge >= 0.3 is 0 Å². The van der Waals surface area contributed by atoms with E-state index in [0.717, 1.165) is 22.3 Å². The zero-order valence-corrected chi connectivity index (χ0v) is 31.4. The monoisotopic (exact) mass is 765 g/mol. The van der Waals surface area contributed by atoms with Crippen molar-refractivity contribution in [2.45, 2.75) is 36.7 Å². The number of carbonyl (C=O) groups is 3. The predicted octanol–water partition coefficient (Wildman–Crippen LogP) is 7.51. The standard InChI is InChI=1S/C42H40ClN3O7S/c1-50-34-17-13-27(21-36(34)51-2)19-20-45-39(47)24-38-41(49)46(31-15-16-32(40(44)48)33(43)23-31)42(54-38)30-14-18-35(52-25-28-9-5-3-6-10-28)37(22-30)53-26-29-11-7-4-8-12-29/h3-18,21-23,38,42H,19-20,24-26H2,1-2H3,(H2,44,48)(H,45,47)/t38-,42+/m1/s1. The SMILES string of the molecule is COc1ccc(CCNC(=O)C[C@H]2S[C@@H](c3ccc(OCc4ccccc4)c(OCc4ccccc4)c3)N(c3ccc(C(N)=O)c(Cl)c3)C2=O)cc1OC. The molecule has 1 aliphatic heterocycles. The van der Waals surface area contributed by atoms with Gasteiger partial charge in [0.05, 0.1) is 30.1 Å². The first-order chi connectivity index (χ1) is 26.2. The average molecular weight is 766 g/mol. The molecule has 10 nitrogen and oxygen atoms in total. The van der Waals surface area contributed by atoms with Crippen LogP contribution < -0.4 is 34.9 Å². The minimum Gasteiger partial charge on any atom is -0.493 e. The number of ether oxygens (including phenoxy) is 4. The molecule has 1 fully saturated rings. The van der Waals surface area contributed by atoms with E-state index in [1.807, 2.05) is 97.1 Å². The summed E-state index contributed by atoms with van der Waals surface area (Å²) in [4.78, 5) is 41.1. The molecule has 54 heavy (non-hydrogen) atoms. The van der Waals surface area contributed by atoms with Crippen molar-refractivity contribution in [3.8, 4) is 23.0 Å². The molecule has 6 rings (SSSR count). The van der Waals surface area contributed by atoms with Crippen LogP contribution in [-0.4, -0.2) is 43.7 Å². The molecule has 1 saturated heterocycles. The fourth-order valence-electron chi connectivity index (χ4n) is 6.03. The molecule has 5 aromatic rings. The Morgan fingerprint density at radius 2 is 1.41 bits per heavy atom. The van der Waals surface area contributed by atoms with Crippen molar-refractivity contribution in [1.82, 2.24) is 5.32 Å². The zero-order valence-electron chi connectivity index (χ0n) is 29.8. The maximum absolute atomic E-state index is 14.2. The Balaban J connectivity index is 1.25. The van der Waals surface area contributed by atoms with Gasteiger partial charge in [-0.15, -0.1) is 11.8 Å². The van der Waals surface area contributed by atoms with E-state index in [1.54, 1.807) is 31.3 Å². The van der Waals surface area contributed by atoms with Gasteiger partial charge in [-0.05, 0) is 71.1 Å². The van der Waals surface area contributed by atoms with Crippen molar-refractivity contribution < 1.29 is 33.3 Å². The van der Waals surface area contributed by atoms with Crippen molar-refractivity contribution in [3.63, 3.8) is 0 Å². The molecule has 1 aliphatic rings. The Morgan fingerprint density at radius 1 is 0.759 bits per heavy atom. The van der Waals surface area contributed by atoms with Crippen LogP contribution in [0.3, 0.4) is 0 Å². The number of halogens is 1. The molecule has 0 unspecified atom stereocenters. The summed E-state index contributed by atoms with van der Waals surface area (Å²) in [6.07, 6.45) is 0.507. The van der Waals surface area contributed by atoms with Gasteiger partial charge in [-0.25, -0.2) is 0 Å². The summed E-state index contributed by atoms with van der Waals surface area (Å²) in [5.74, 6) is 1.04. The van der Waals surface area contributed by atoms with Gasteiger partial charge in [0.15, 0.2) is 23.0 Å². The van der Waals surface area contributed by atoms with Crippen LogP contribution in [0.4, 0.5) is 5.69 Å². The van der Waals surface area contributed by atoms with Crippen molar-refractivity contribution in [2.24, 2.45) is 5.73 Å². The van der Waals surface area contributed by atoms with Crippen LogP contribution in [0.25, 0.3) is 0 Å². The van der Waals surface area contributed by atoms with E-state index in [0.29, 0.717) is 54.9 Å². The highest BCUT2D eigenvalue weighted by atomic mass is 35.5. The predicted molar refractivity (Wildman–Crippen MR) is 210 cm³/mol. The minimum atomic E-state index is -0.714.